The lowest BCUT2D eigenvalue weighted by Gasteiger charge is -2.37. The third-order valence-corrected chi connectivity index (χ3v) is 8.46. The average Bonchev–Trinajstić information content (AvgIpc) is 3.32. The van der Waals surface area contributed by atoms with E-state index in [-0.39, 0.29) is 24.3 Å². The van der Waals surface area contributed by atoms with Gasteiger partial charge in [-0.1, -0.05) is 24.6 Å². The zero-order chi connectivity index (χ0) is 27.9. The van der Waals surface area contributed by atoms with Crippen LogP contribution in [0.4, 0.5) is 5.69 Å². The van der Waals surface area contributed by atoms with Crippen molar-refractivity contribution in [1.82, 2.24) is 20.4 Å². The van der Waals surface area contributed by atoms with Crippen LogP contribution < -0.4 is 20.3 Å². The maximum atomic E-state index is 13.0. The van der Waals surface area contributed by atoms with E-state index in [1.807, 2.05) is 25.1 Å². The molecule has 0 aliphatic carbocycles. The number of benzene rings is 2. The number of piperidine rings is 1. The smallest absolute Gasteiger partial charge is 0.254 e. The van der Waals surface area contributed by atoms with Crippen LogP contribution in [0, 0.1) is 0 Å². The molecule has 3 aliphatic heterocycles. The van der Waals surface area contributed by atoms with Crippen molar-refractivity contribution < 1.29 is 19.1 Å². The molecule has 2 unspecified atom stereocenters. The number of amides is 3. The van der Waals surface area contributed by atoms with E-state index in [0.717, 1.165) is 57.0 Å². The van der Waals surface area contributed by atoms with Gasteiger partial charge in [0.2, 0.25) is 12.3 Å². The van der Waals surface area contributed by atoms with E-state index in [0.29, 0.717) is 37.6 Å². The number of piperazine rings is 1. The molecule has 2 atom stereocenters. The van der Waals surface area contributed by atoms with Crippen molar-refractivity contribution in [2.75, 3.05) is 44.2 Å². The first-order valence-electron chi connectivity index (χ1n) is 14.6. The summed E-state index contributed by atoms with van der Waals surface area (Å²) in [5.41, 5.74) is 4.38. The highest BCUT2D eigenvalue weighted by molar-refractivity contribution is 5.98. The Morgan fingerprint density at radius 3 is 2.80 bits per heavy atom. The summed E-state index contributed by atoms with van der Waals surface area (Å²) in [6.07, 6.45) is 4.62. The normalized spacial score (nSPS) is 20.2. The van der Waals surface area contributed by atoms with Crippen LogP contribution in [-0.2, 0) is 22.7 Å². The summed E-state index contributed by atoms with van der Waals surface area (Å²) >= 11 is 0. The monoisotopic (exact) mass is 547 g/mol. The molecule has 214 valence electrons. The summed E-state index contributed by atoms with van der Waals surface area (Å²) in [5, 5.41) is 5.60. The third-order valence-electron chi connectivity index (χ3n) is 8.46. The summed E-state index contributed by atoms with van der Waals surface area (Å²) < 4.78 is 6.35. The number of ether oxygens (including phenoxy) is 1. The molecule has 3 amide bonds. The summed E-state index contributed by atoms with van der Waals surface area (Å²) in [6, 6.07) is 14.8. The van der Waals surface area contributed by atoms with E-state index < -0.39 is 0 Å². The van der Waals surface area contributed by atoms with Gasteiger partial charge in [0, 0.05) is 69.0 Å². The highest BCUT2D eigenvalue weighted by Gasteiger charge is 2.31. The van der Waals surface area contributed by atoms with Gasteiger partial charge in [-0.2, -0.15) is 0 Å². The van der Waals surface area contributed by atoms with Crippen LogP contribution in [0.5, 0.6) is 5.75 Å². The van der Waals surface area contributed by atoms with Gasteiger partial charge in [0.15, 0.2) is 0 Å². The largest absolute Gasteiger partial charge is 0.492 e. The molecule has 0 aromatic heterocycles. The van der Waals surface area contributed by atoms with Crippen LogP contribution in [0.25, 0.3) is 0 Å². The molecule has 9 nitrogen and oxygen atoms in total. The van der Waals surface area contributed by atoms with Crippen molar-refractivity contribution in [3.8, 4) is 5.75 Å². The number of fused-ring (bicyclic) bond motifs is 1. The van der Waals surface area contributed by atoms with Crippen LogP contribution >= 0.6 is 0 Å². The number of carbonyl (C=O) groups is 3. The van der Waals surface area contributed by atoms with E-state index in [1.54, 1.807) is 4.90 Å². The number of anilines is 1. The SMILES string of the molecule is CC(CCC(=O)NC=O)N1Cc2cc(OCC3CCCCN3Cc3ccccc3N3CCNCC3)ccc2C1=O. The molecule has 0 radical (unpaired) electrons. The molecule has 2 fully saturated rings. The topological polar surface area (TPSA) is 94.2 Å². The fourth-order valence-corrected chi connectivity index (χ4v) is 6.13. The zero-order valence-corrected chi connectivity index (χ0v) is 23.4. The molecule has 2 aromatic carbocycles. The van der Waals surface area contributed by atoms with Crippen LogP contribution in [0.15, 0.2) is 42.5 Å². The zero-order valence-electron chi connectivity index (χ0n) is 23.4. The predicted molar refractivity (Wildman–Crippen MR) is 154 cm³/mol. The van der Waals surface area contributed by atoms with Gasteiger partial charge in [0.05, 0.1) is 0 Å². The van der Waals surface area contributed by atoms with Crippen LogP contribution in [0.3, 0.4) is 0 Å². The van der Waals surface area contributed by atoms with E-state index in [2.05, 4.69) is 44.7 Å². The number of nitrogens with zero attached hydrogens (tertiary/aromatic N) is 3. The van der Waals surface area contributed by atoms with E-state index in [4.69, 9.17) is 4.74 Å². The summed E-state index contributed by atoms with van der Waals surface area (Å²) in [5.74, 6) is 0.440. The van der Waals surface area contributed by atoms with Gasteiger partial charge in [0.1, 0.15) is 12.4 Å². The molecule has 0 bridgehead atoms. The minimum Gasteiger partial charge on any atom is -0.492 e. The fraction of sp³-hybridized carbons (Fsp3) is 0.516. The number of imide groups is 1. The Hall–Kier alpha value is -3.43. The number of carbonyl (C=O) groups excluding carboxylic acids is 3. The number of hydrogen-bond acceptors (Lipinski definition) is 7. The predicted octanol–water partition coefficient (Wildman–Crippen LogP) is 2.93. The summed E-state index contributed by atoms with van der Waals surface area (Å²) in [6.45, 7) is 9.17. The van der Waals surface area contributed by atoms with Gasteiger partial charge in [-0.15, -0.1) is 0 Å². The molecule has 40 heavy (non-hydrogen) atoms. The molecular formula is C31H41N5O4. The number of hydrogen-bond donors (Lipinski definition) is 2. The van der Waals surface area contributed by atoms with Crippen LogP contribution in [0.1, 0.15) is 60.5 Å². The Kier molecular flexibility index (Phi) is 9.34. The van der Waals surface area contributed by atoms with Gasteiger partial charge in [0.25, 0.3) is 5.91 Å². The molecule has 2 aromatic rings. The lowest BCUT2D eigenvalue weighted by molar-refractivity contribution is -0.125. The molecule has 2 saturated heterocycles. The minimum absolute atomic E-state index is 0.0218. The van der Waals surface area contributed by atoms with E-state index in [1.165, 1.54) is 24.1 Å². The second-order valence-corrected chi connectivity index (χ2v) is 11.1. The summed E-state index contributed by atoms with van der Waals surface area (Å²) in [7, 11) is 0. The second kappa shape index (κ2) is 13.3. The Morgan fingerprint density at radius 2 is 1.98 bits per heavy atom. The van der Waals surface area contributed by atoms with Crippen molar-refractivity contribution in [3.05, 3.63) is 59.2 Å². The maximum absolute atomic E-state index is 13.0. The Labute approximate surface area is 236 Å². The molecule has 5 rings (SSSR count). The van der Waals surface area contributed by atoms with Gasteiger partial charge >= 0.3 is 0 Å². The standard InChI is InChI=1S/C31H41N5O4/c1-23(9-12-30(38)33-22-37)36-20-25-18-27(10-11-28(25)31(36)39)40-21-26-7-4-5-15-35(26)19-24-6-2-3-8-29(24)34-16-13-32-14-17-34/h2-3,6,8,10-11,18,22-23,26,32H,4-5,7,9,12-17,19-21H2,1H3,(H,33,37,38). The van der Waals surface area contributed by atoms with Crippen molar-refractivity contribution in [1.29, 1.82) is 0 Å². The first kappa shape index (κ1) is 28.1. The lowest BCUT2D eigenvalue weighted by atomic mass is 10.0. The number of rotatable bonds is 11. The third kappa shape index (κ3) is 6.64. The Morgan fingerprint density at radius 1 is 1.15 bits per heavy atom. The summed E-state index contributed by atoms with van der Waals surface area (Å²) in [4.78, 5) is 42.0. The molecule has 3 aliphatic rings. The van der Waals surface area contributed by atoms with Crippen LogP contribution in [-0.4, -0.2) is 79.4 Å². The highest BCUT2D eigenvalue weighted by Crippen LogP contribution is 2.30. The van der Waals surface area contributed by atoms with Crippen molar-refractivity contribution in [2.24, 2.45) is 0 Å². The number of likely N-dealkylation sites (tertiary alicyclic amines) is 1. The number of nitrogens with one attached hydrogen (secondary N) is 2. The van der Waals surface area contributed by atoms with Crippen molar-refractivity contribution >= 4 is 23.9 Å². The first-order valence-corrected chi connectivity index (χ1v) is 14.6. The van der Waals surface area contributed by atoms with Crippen molar-refractivity contribution in [2.45, 2.75) is 64.2 Å². The Bertz CT molecular complexity index is 1200. The minimum atomic E-state index is -0.328. The van der Waals surface area contributed by atoms with Crippen LogP contribution in [0.2, 0.25) is 0 Å². The molecule has 3 heterocycles. The van der Waals surface area contributed by atoms with E-state index in [9.17, 15) is 14.4 Å². The number of para-hydroxylation sites is 1. The second-order valence-electron chi connectivity index (χ2n) is 11.1. The molecule has 2 N–H and O–H groups in total. The van der Waals surface area contributed by atoms with Gasteiger partial charge in [-0.3, -0.25) is 24.6 Å². The van der Waals surface area contributed by atoms with Gasteiger partial charge < -0.3 is 19.9 Å². The van der Waals surface area contributed by atoms with Crippen molar-refractivity contribution in [3.63, 3.8) is 0 Å². The Balaban J connectivity index is 1.19. The molecule has 0 saturated carbocycles. The maximum Gasteiger partial charge on any atom is 0.254 e. The highest BCUT2D eigenvalue weighted by atomic mass is 16.5. The average molecular weight is 548 g/mol. The first-order chi connectivity index (χ1) is 19.5. The lowest BCUT2D eigenvalue weighted by Crippen LogP contribution is -2.45. The molecule has 0 spiro atoms. The fourth-order valence-electron chi connectivity index (χ4n) is 6.13. The quantitative estimate of drug-likeness (QED) is 0.418. The molecular weight excluding hydrogens is 506 g/mol. The molecule has 9 heteroatoms. The van der Waals surface area contributed by atoms with Gasteiger partial charge in [-0.05, 0) is 68.1 Å². The van der Waals surface area contributed by atoms with Gasteiger partial charge in [-0.25, -0.2) is 0 Å². The van der Waals surface area contributed by atoms with E-state index >= 15 is 0 Å².